The van der Waals surface area contributed by atoms with Gasteiger partial charge in [-0.25, -0.2) is 0 Å². The average molecular weight is 369 g/mol. The minimum atomic E-state index is -0.866. The molecule has 0 saturated heterocycles. The van der Waals surface area contributed by atoms with Gasteiger partial charge in [0.05, 0.1) is 11.4 Å². The molecule has 2 N–H and O–H groups in total. The lowest BCUT2D eigenvalue weighted by atomic mass is 9.87. The number of benzene rings is 1. The predicted octanol–water partition coefficient (Wildman–Crippen LogP) is 5.48. The molecule has 0 aliphatic heterocycles. The number of carbonyl (C=O) groups is 1. The number of carboxylic acids is 1. The molecule has 0 radical (unpaired) electrons. The van der Waals surface area contributed by atoms with E-state index in [0.717, 1.165) is 27.2 Å². The van der Waals surface area contributed by atoms with Crippen LogP contribution in [-0.2, 0) is 10.2 Å². The Kier molecular flexibility index (Phi) is 4.61. The zero-order valence-electron chi connectivity index (χ0n) is 15.8. The van der Waals surface area contributed by atoms with Crippen LogP contribution in [0.2, 0.25) is 0 Å². The maximum atomic E-state index is 11.4. The van der Waals surface area contributed by atoms with Gasteiger partial charge in [-0.3, -0.25) is 9.78 Å². The van der Waals surface area contributed by atoms with Crippen LogP contribution < -0.4 is 0 Å². The van der Waals surface area contributed by atoms with Crippen molar-refractivity contribution in [3.8, 4) is 11.4 Å². The van der Waals surface area contributed by atoms with E-state index in [0.29, 0.717) is 0 Å². The van der Waals surface area contributed by atoms with Gasteiger partial charge in [-0.15, -0.1) is 11.8 Å². The van der Waals surface area contributed by atoms with Crippen molar-refractivity contribution in [1.29, 1.82) is 0 Å². The van der Waals surface area contributed by atoms with Crippen molar-refractivity contribution in [1.82, 2.24) is 9.97 Å². The molecule has 3 aromatic rings. The molecule has 4 nitrogen and oxygen atoms in total. The van der Waals surface area contributed by atoms with Gasteiger partial charge in [0.25, 0.3) is 0 Å². The van der Waals surface area contributed by atoms with E-state index in [9.17, 15) is 9.90 Å². The number of fused-ring (bicyclic) bond motifs is 1. The third kappa shape index (κ3) is 3.78. The smallest absolute Gasteiger partial charge is 0.319 e. The predicted molar refractivity (Wildman–Crippen MR) is 108 cm³/mol. The number of rotatable bonds is 4. The highest BCUT2D eigenvalue weighted by Gasteiger charge is 2.28. The Bertz CT molecular complexity index is 968. The average Bonchev–Trinajstić information content (AvgIpc) is 2.97. The molecule has 0 atom stereocenters. The Morgan fingerprint density at radius 2 is 1.81 bits per heavy atom. The van der Waals surface area contributed by atoms with E-state index < -0.39 is 10.7 Å². The fraction of sp³-hybridized carbons (Fsp3) is 0.333. The number of aliphatic carboxylic acids is 1. The first-order valence-electron chi connectivity index (χ1n) is 8.58. The van der Waals surface area contributed by atoms with Crippen molar-refractivity contribution in [2.45, 2.75) is 49.7 Å². The molecule has 0 aliphatic rings. The fourth-order valence-electron chi connectivity index (χ4n) is 2.69. The Labute approximate surface area is 158 Å². The van der Waals surface area contributed by atoms with Crippen molar-refractivity contribution < 1.29 is 9.90 Å². The normalized spacial score (nSPS) is 12.5. The van der Waals surface area contributed by atoms with E-state index >= 15 is 0 Å². The topological polar surface area (TPSA) is 66.0 Å². The number of aromatic nitrogens is 2. The third-order valence-electron chi connectivity index (χ3n) is 4.38. The maximum Gasteiger partial charge on any atom is 0.319 e. The highest BCUT2D eigenvalue weighted by molar-refractivity contribution is 8.01. The van der Waals surface area contributed by atoms with Crippen LogP contribution in [0.1, 0.15) is 40.2 Å². The second-order valence-electron chi connectivity index (χ2n) is 8.03. The van der Waals surface area contributed by atoms with Gasteiger partial charge in [-0.05, 0) is 61.2 Å². The molecule has 0 aliphatic carbocycles. The Morgan fingerprint density at radius 1 is 1.08 bits per heavy atom. The van der Waals surface area contributed by atoms with E-state index in [-0.39, 0.29) is 5.41 Å². The molecule has 26 heavy (non-hydrogen) atoms. The summed E-state index contributed by atoms with van der Waals surface area (Å²) < 4.78 is -0.866. The second kappa shape index (κ2) is 6.47. The van der Waals surface area contributed by atoms with Gasteiger partial charge >= 0.3 is 5.97 Å². The number of hydrogen-bond donors (Lipinski definition) is 2. The van der Waals surface area contributed by atoms with Crippen molar-refractivity contribution in [3.05, 3.63) is 48.2 Å². The molecule has 2 aromatic heterocycles. The van der Waals surface area contributed by atoms with Crippen LogP contribution in [0.5, 0.6) is 0 Å². The summed E-state index contributed by atoms with van der Waals surface area (Å²) >= 11 is 1.35. The molecular formula is C21H24N2O2S. The van der Waals surface area contributed by atoms with Crippen molar-refractivity contribution >= 4 is 28.6 Å². The minimum absolute atomic E-state index is 0.0654. The lowest BCUT2D eigenvalue weighted by Crippen LogP contribution is -2.26. The largest absolute Gasteiger partial charge is 0.480 e. The molecule has 0 spiro atoms. The van der Waals surface area contributed by atoms with Crippen LogP contribution in [0.3, 0.4) is 0 Å². The summed E-state index contributed by atoms with van der Waals surface area (Å²) in [6, 6.07) is 12.2. The molecule has 0 amide bonds. The third-order valence-corrected chi connectivity index (χ3v) is 5.56. The number of aromatic amines is 1. The SMILES string of the molecule is CC(C)(Sc1ccc2[nH]c(-c3cc(C(C)(C)C)ccn3)cc2c1)C(=O)O. The monoisotopic (exact) mass is 368 g/mol. The molecule has 136 valence electrons. The summed E-state index contributed by atoms with van der Waals surface area (Å²) in [6.07, 6.45) is 1.85. The lowest BCUT2D eigenvalue weighted by Gasteiger charge is -2.19. The van der Waals surface area contributed by atoms with Gasteiger partial charge in [0.2, 0.25) is 0 Å². The van der Waals surface area contributed by atoms with Gasteiger partial charge in [0.1, 0.15) is 4.75 Å². The highest BCUT2D eigenvalue weighted by Crippen LogP contribution is 2.35. The van der Waals surface area contributed by atoms with Crippen LogP contribution in [0.25, 0.3) is 22.3 Å². The fourth-order valence-corrected chi connectivity index (χ4v) is 3.69. The number of H-pyrrole nitrogens is 1. The van der Waals surface area contributed by atoms with Gasteiger partial charge in [0.15, 0.2) is 0 Å². The standard InChI is InChI=1S/C21H24N2O2S/c1-20(2,3)14-8-9-22-17(12-14)18-11-13-10-15(6-7-16(13)23-18)26-21(4,5)19(24)25/h6-12,23H,1-5H3,(H,24,25). The van der Waals surface area contributed by atoms with Gasteiger partial charge < -0.3 is 10.1 Å². The van der Waals surface area contributed by atoms with Crippen LogP contribution in [0.15, 0.2) is 47.5 Å². The Hall–Kier alpha value is -2.27. The Balaban J connectivity index is 1.97. The van der Waals surface area contributed by atoms with Gasteiger partial charge in [-0.2, -0.15) is 0 Å². The van der Waals surface area contributed by atoms with Gasteiger partial charge in [0, 0.05) is 22.0 Å². The lowest BCUT2D eigenvalue weighted by molar-refractivity contribution is -0.138. The van der Waals surface area contributed by atoms with E-state index in [1.165, 1.54) is 17.3 Å². The molecule has 0 bridgehead atoms. The van der Waals surface area contributed by atoms with E-state index in [1.54, 1.807) is 13.8 Å². The molecule has 1 aromatic carbocycles. The van der Waals surface area contributed by atoms with Crippen molar-refractivity contribution in [3.63, 3.8) is 0 Å². The first-order valence-corrected chi connectivity index (χ1v) is 9.40. The molecule has 0 unspecified atom stereocenters. The second-order valence-corrected chi connectivity index (χ2v) is 9.73. The summed E-state index contributed by atoms with van der Waals surface area (Å²) in [5, 5.41) is 10.4. The van der Waals surface area contributed by atoms with Crippen LogP contribution in [-0.4, -0.2) is 25.8 Å². The number of pyridine rings is 1. The van der Waals surface area contributed by atoms with Gasteiger partial charge in [-0.1, -0.05) is 20.8 Å². The molecule has 5 heteroatoms. The number of nitrogens with zero attached hydrogens (tertiary/aromatic N) is 1. The van der Waals surface area contributed by atoms with Crippen molar-refractivity contribution in [2.75, 3.05) is 0 Å². The molecule has 0 fully saturated rings. The van der Waals surface area contributed by atoms with E-state index in [1.807, 2.05) is 24.4 Å². The number of nitrogens with one attached hydrogen (secondary N) is 1. The molecular weight excluding hydrogens is 344 g/mol. The molecule has 2 heterocycles. The summed E-state index contributed by atoms with van der Waals surface area (Å²) in [5.41, 5.74) is 4.19. The first-order chi connectivity index (χ1) is 12.1. The summed E-state index contributed by atoms with van der Waals surface area (Å²) in [7, 11) is 0. The Morgan fingerprint density at radius 3 is 2.46 bits per heavy atom. The first kappa shape index (κ1) is 18.5. The zero-order chi connectivity index (χ0) is 19.1. The number of thioether (sulfide) groups is 1. The summed E-state index contributed by atoms with van der Waals surface area (Å²) in [6.45, 7) is 9.99. The summed E-state index contributed by atoms with van der Waals surface area (Å²) in [5.74, 6) is -0.819. The minimum Gasteiger partial charge on any atom is -0.480 e. The van der Waals surface area contributed by atoms with E-state index in [4.69, 9.17) is 0 Å². The summed E-state index contributed by atoms with van der Waals surface area (Å²) in [4.78, 5) is 20.2. The van der Waals surface area contributed by atoms with Crippen LogP contribution in [0, 0.1) is 0 Å². The van der Waals surface area contributed by atoms with Crippen LogP contribution >= 0.6 is 11.8 Å². The number of carboxylic acid groups (broad SMARTS) is 1. The zero-order valence-corrected chi connectivity index (χ0v) is 16.6. The molecule has 0 saturated carbocycles. The molecule has 3 rings (SSSR count). The van der Waals surface area contributed by atoms with E-state index in [2.05, 4.69) is 48.9 Å². The number of hydrogen-bond acceptors (Lipinski definition) is 3. The quantitative estimate of drug-likeness (QED) is 0.598. The maximum absolute atomic E-state index is 11.4. The highest BCUT2D eigenvalue weighted by atomic mass is 32.2. The van der Waals surface area contributed by atoms with Crippen LogP contribution in [0.4, 0.5) is 0 Å². The van der Waals surface area contributed by atoms with Crippen molar-refractivity contribution in [2.24, 2.45) is 0 Å².